The van der Waals surface area contributed by atoms with Gasteiger partial charge in [0, 0.05) is 11.2 Å². The molecule has 0 spiro atoms. The number of benzene rings is 2. The first-order valence-electron chi connectivity index (χ1n) is 12.1. The van der Waals surface area contributed by atoms with Crippen molar-refractivity contribution in [1.29, 1.82) is 0 Å². The van der Waals surface area contributed by atoms with Crippen LogP contribution in [0.3, 0.4) is 0 Å². The number of rotatable bonds is 6. The van der Waals surface area contributed by atoms with Crippen molar-refractivity contribution in [3.05, 3.63) is 71.0 Å². The zero-order valence-electron chi connectivity index (χ0n) is 20.2. The molecule has 1 saturated heterocycles. The molecular weight excluding hydrogens is 447 g/mol. The van der Waals surface area contributed by atoms with Crippen LogP contribution in [-0.2, 0) is 26.1 Å². The lowest BCUT2D eigenvalue weighted by molar-refractivity contribution is -0.192. The van der Waals surface area contributed by atoms with Gasteiger partial charge in [0.2, 0.25) is 0 Å². The van der Waals surface area contributed by atoms with Crippen LogP contribution < -0.4 is 0 Å². The van der Waals surface area contributed by atoms with Gasteiger partial charge >= 0.3 is 7.12 Å². The molecule has 1 aliphatic heterocycles. The van der Waals surface area contributed by atoms with Crippen LogP contribution in [0.4, 0.5) is 0 Å². The predicted molar refractivity (Wildman–Crippen MR) is 134 cm³/mol. The van der Waals surface area contributed by atoms with Crippen molar-refractivity contribution in [2.24, 2.45) is 5.41 Å². The molecule has 3 saturated carbocycles. The molecule has 0 amide bonds. The Morgan fingerprint density at radius 3 is 2.15 bits per heavy atom. The smallest absolute Gasteiger partial charge is 0.403 e. The summed E-state index contributed by atoms with van der Waals surface area (Å²) in [5.74, 6) is 0.116. The summed E-state index contributed by atoms with van der Waals surface area (Å²) in [5, 5.41) is 0.485. The molecule has 1 atom stereocenters. The Bertz CT molecular complexity index is 1230. The fourth-order valence-corrected chi connectivity index (χ4v) is 6.61. The Balaban J connectivity index is 1.31. The van der Waals surface area contributed by atoms with Crippen molar-refractivity contribution in [3.63, 3.8) is 0 Å². The van der Waals surface area contributed by atoms with E-state index in [0.29, 0.717) is 18.4 Å². The fraction of sp³-hybridized carbons (Fsp3) is 0.481. The van der Waals surface area contributed by atoms with Gasteiger partial charge in [0.25, 0.3) is 0 Å². The number of fused-ring (bicyclic) bond motifs is 1. The monoisotopic (exact) mass is 476 g/mol. The SMILES string of the molecule is CC1(C)OB(C2C3(COCc4ccccc4)CC2(c2nc4ccccc4nc2Cl)C3)OC1(C)C. The molecule has 2 bridgehead atoms. The lowest BCUT2D eigenvalue weighted by atomic mass is 9.21. The lowest BCUT2D eigenvalue weighted by Gasteiger charge is -2.76. The van der Waals surface area contributed by atoms with Crippen molar-refractivity contribution in [2.75, 3.05) is 6.61 Å². The van der Waals surface area contributed by atoms with E-state index in [4.69, 9.17) is 30.6 Å². The molecule has 7 heteroatoms. The summed E-state index contributed by atoms with van der Waals surface area (Å²) in [6.45, 7) is 9.67. The zero-order chi connectivity index (χ0) is 23.8. The summed E-state index contributed by atoms with van der Waals surface area (Å²) in [5.41, 5.74) is 2.73. The highest BCUT2D eigenvalue weighted by atomic mass is 35.5. The van der Waals surface area contributed by atoms with E-state index in [-0.39, 0.29) is 23.8 Å². The number of para-hydroxylation sites is 2. The Labute approximate surface area is 206 Å². The highest BCUT2D eigenvalue weighted by molar-refractivity contribution is 6.49. The minimum atomic E-state index is -0.397. The van der Waals surface area contributed by atoms with E-state index >= 15 is 0 Å². The zero-order valence-corrected chi connectivity index (χ0v) is 20.9. The minimum Gasteiger partial charge on any atom is -0.403 e. The van der Waals surface area contributed by atoms with Crippen molar-refractivity contribution >= 4 is 29.8 Å². The second kappa shape index (κ2) is 7.51. The molecule has 0 N–H and O–H groups in total. The first kappa shape index (κ1) is 22.5. The summed E-state index contributed by atoms with van der Waals surface area (Å²) in [4.78, 5) is 9.69. The maximum Gasteiger partial charge on any atom is 0.462 e. The summed E-state index contributed by atoms with van der Waals surface area (Å²) < 4.78 is 19.4. The molecule has 7 rings (SSSR count). The standard InChI is InChI=1S/C27H30BClN2O3/c1-24(2)25(3,4)34-28(33-24)23-26(17-32-14-18-10-6-5-7-11-18)15-27(23,16-26)21-22(29)31-20-13-9-8-12-19(20)30-21/h5-13,23H,14-17H2,1-4H3. The third kappa shape index (κ3) is 3.19. The van der Waals surface area contributed by atoms with Gasteiger partial charge < -0.3 is 14.0 Å². The van der Waals surface area contributed by atoms with Crippen LogP contribution in [0.2, 0.25) is 11.0 Å². The summed E-state index contributed by atoms with van der Waals surface area (Å²) in [7, 11) is -0.336. The molecule has 34 heavy (non-hydrogen) atoms. The first-order valence-corrected chi connectivity index (χ1v) is 12.4. The predicted octanol–water partition coefficient (Wildman–Crippen LogP) is 5.99. The van der Waals surface area contributed by atoms with Crippen molar-refractivity contribution in [1.82, 2.24) is 9.97 Å². The average molecular weight is 477 g/mol. The van der Waals surface area contributed by atoms with Gasteiger partial charge in [-0.3, -0.25) is 0 Å². The second-order valence-corrected chi connectivity index (χ2v) is 11.7. The third-order valence-electron chi connectivity index (χ3n) is 8.63. The molecule has 4 fully saturated rings. The molecule has 1 unspecified atom stereocenters. The highest BCUT2D eigenvalue weighted by Gasteiger charge is 2.82. The van der Waals surface area contributed by atoms with E-state index in [9.17, 15) is 0 Å². The lowest BCUT2D eigenvalue weighted by Crippen LogP contribution is -2.75. The Kier molecular flexibility index (Phi) is 4.96. The number of ether oxygens (including phenoxy) is 1. The van der Waals surface area contributed by atoms with Gasteiger partial charge in [0.1, 0.15) is 0 Å². The van der Waals surface area contributed by atoms with Gasteiger partial charge in [-0.2, -0.15) is 0 Å². The van der Waals surface area contributed by atoms with E-state index in [2.05, 4.69) is 44.8 Å². The topological polar surface area (TPSA) is 53.5 Å². The van der Waals surface area contributed by atoms with E-state index < -0.39 is 11.2 Å². The first-order chi connectivity index (χ1) is 16.2. The summed E-state index contributed by atoms with van der Waals surface area (Å²) in [6.07, 6.45) is 1.91. The van der Waals surface area contributed by atoms with Crippen LogP contribution in [0.5, 0.6) is 0 Å². The van der Waals surface area contributed by atoms with E-state index in [1.807, 2.05) is 42.5 Å². The van der Waals surface area contributed by atoms with E-state index in [0.717, 1.165) is 29.6 Å². The highest BCUT2D eigenvalue weighted by Crippen LogP contribution is 2.82. The van der Waals surface area contributed by atoms with Gasteiger partial charge in [0.15, 0.2) is 5.15 Å². The fourth-order valence-electron chi connectivity index (χ4n) is 6.29. The van der Waals surface area contributed by atoms with Gasteiger partial charge in [-0.15, -0.1) is 0 Å². The molecule has 5 nitrogen and oxygen atoms in total. The average Bonchev–Trinajstić information content (AvgIpc) is 2.95. The van der Waals surface area contributed by atoms with Gasteiger partial charge in [-0.25, -0.2) is 9.97 Å². The van der Waals surface area contributed by atoms with Crippen LogP contribution in [0.25, 0.3) is 11.0 Å². The van der Waals surface area contributed by atoms with E-state index in [1.165, 1.54) is 5.56 Å². The maximum atomic E-state index is 6.75. The van der Waals surface area contributed by atoms with Crippen LogP contribution in [0.15, 0.2) is 54.6 Å². The quantitative estimate of drug-likeness (QED) is 0.409. The van der Waals surface area contributed by atoms with Gasteiger partial charge in [-0.05, 0) is 63.6 Å². The normalized spacial score (nSPS) is 30.7. The number of nitrogens with zero attached hydrogens (tertiary/aromatic N) is 2. The minimum absolute atomic E-state index is 0.00734. The molecule has 176 valence electrons. The third-order valence-corrected chi connectivity index (χ3v) is 8.90. The number of aromatic nitrogens is 2. The van der Waals surface area contributed by atoms with Crippen LogP contribution in [0.1, 0.15) is 51.8 Å². The van der Waals surface area contributed by atoms with Crippen LogP contribution >= 0.6 is 11.6 Å². The van der Waals surface area contributed by atoms with Crippen molar-refractivity contribution in [3.8, 4) is 0 Å². The Morgan fingerprint density at radius 2 is 1.50 bits per heavy atom. The number of hydrogen-bond donors (Lipinski definition) is 0. The van der Waals surface area contributed by atoms with Crippen molar-refractivity contribution in [2.45, 2.75) is 69.6 Å². The Morgan fingerprint density at radius 1 is 0.912 bits per heavy atom. The van der Waals surface area contributed by atoms with Crippen LogP contribution in [0, 0.1) is 5.41 Å². The van der Waals surface area contributed by atoms with Gasteiger partial charge in [-0.1, -0.05) is 54.1 Å². The second-order valence-electron chi connectivity index (χ2n) is 11.3. The number of hydrogen-bond acceptors (Lipinski definition) is 5. The molecule has 3 aromatic rings. The molecular formula is C27H30BClN2O3. The van der Waals surface area contributed by atoms with E-state index in [1.54, 1.807) is 0 Å². The van der Waals surface area contributed by atoms with Gasteiger partial charge in [0.05, 0.1) is 41.1 Å². The maximum absolute atomic E-state index is 6.75. The molecule has 4 aliphatic rings. The molecule has 3 aliphatic carbocycles. The Hall–Kier alpha value is -1.99. The largest absolute Gasteiger partial charge is 0.462 e. The molecule has 0 radical (unpaired) electrons. The molecule has 2 heterocycles. The molecule has 2 aromatic carbocycles. The van der Waals surface area contributed by atoms with Crippen molar-refractivity contribution < 1.29 is 14.0 Å². The molecule has 1 aromatic heterocycles. The summed E-state index contributed by atoms with van der Waals surface area (Å²) in [6, 6.07) is 18.2. The van der Waals surface area contributed by atoms with Crippen LogP contribution in [-0.4, -0.2) is 34.9 Å². The summed E-state index contributed by atoms with van der Waals surface area (Å²) >= 11 is 6.75. The number of halogens is 1.